The Kier molecular flexibility index (Phi) is 5.26. The second-order valence-electron chi connectivity index (χ2n) is 8.65. The summed E-state index contributed by atoms with van der Waals surface area (Å²) in [5.41, 5.74) is 5.25. The van der Waals surface area contributed by atoms with Crippen LogP contribution in [0.5, 0.6) is 0 Å². The fraction of sp³-hybridized carbons (Fsp3) is 0.143. The zero-order valence-corrected chi connectivity index (χ0v) is 21.1. The number of benzene rings is 4. The van der Waals surface area contributed by atoms with Crippen LogP contribution in [0.25, 0.3) is 0 Å². The van der Waals surface area contributed by atoms with Crippen molar-refractivity contribution in [3.8, 4) is 0 Å². The molecule has 0 bridgehead atoms. The molecule has 0 unspecified atom stereocenters. The number of rotatable bonds is 4. The van der Waals surface area contributed by atoms with Gasteiger partial charge in [-0.3, -0.25) is 0 Å². The Hall–Kier alpha value is -2.77. The van der Waals surface area contributed by atoms with Gasteiger partial charge in [-0.25, -0.2) is 0 Å². The van der Waals surface area contributed by atoms with Crippen molar-refractivity contribution in [3.63, 3.8) is 0 Å². The van der Waals surface area contributed by atoms with E-state index in [0.29, 0.717) is 0 Å². The smallest absolute Gasteiger partial charge is 0.390 e. The van der Waals surface area contributed by atoms with Crippen LogP contribution in [-0.4, -0.2) is 17.1 Å². The highest BCUT2D eigenvalue weighted by atomic mass is 28.5. The normalized spacial score (nSPS) is 16.4. The molecular weight excluding hydrogens is 424 g/mol. The van der Waals surface area contributed by atoms with Crippen molar-refractivity contribution >= 4 is 37.9 Å². The molecule has 0 saturated carbocycles. The Balaban J connectivity index is 1.74. The minimum atomic E-state index is -2.86. The van der Waals surface area contributed by atoms with Gasteiger partial charge in [-0.05, 0) is 65.5 Å². The Morgan fingerprint density at radius 2 is 0.875 bits per heavy atom. The zero-order chi connectivity index (χ0) is 22.3. The van der Waals surface area contributed by atoms with Gasteiger partial charge in [0.1, 0.15) is 0 Å². The van der Waals surface area contributed by atoms with E-state index in [1.807, 2.05) is 12.1 Å². The summed E-state index contributed by atoms with van der Waals surface area (Å²) in [7, 11) is -5.67. The molecule has 4 aromatic rings. The summed E-state index contributed by atoms with van der Waals surface area (Å²) in [6.07, 6.45) is 0. The molecule has 0 N–H and O–H groups in total. The molecule has 1 fully saturated rings. The Morgan fingerprint density at radius 3 is 1.31 bits per heavy atom. The molecule has 0 aromatic heterocycles. The lowest BCUT2D eigenvalue weighted by atomic mass is 10.00. The van der Waals surface area contributed by atoms with Gasteiger partial charge in [0.15, 0.2) is 0 Å². The molecule has 5 rings (SSSR count). The van der Waals surface area contributed by atoms with Crippen LogP contribution in [0.1, 0.15) is 22.3 Å². The second-order valence-corrected chi connectivity index (χ2v) is 15.0. The number of aryl methyl sites for hydroxylation is 1. The van der Waals surface area contributed by atoms with Crippen molar-refractivity contribution in [2.75, 3.05) is 0 Å². The van der Waals surface area contributed by atoms with Crippen LogP contribution in [0.2, 0.25) is 0 Å². The average molecular weight is 453 g/mol. The van der Waals surface area contributed by atoms with Gasteiger partial charge in [-0.1, -0.05) is 97.1 Å². The Bertz CT molecular complexity index is 1210. The SMILES string of the molecule is Cc1cc([Si]2(c3ccccc3)O[Si](c3ccccc3)(c3ccccc3)O2)c(C)c(C)c1C. The summed E-state index contributed by atoms with van der Waals surface area (Å²) in [6.45, 7) is 8.82. The van der Waals surface area contributed by atoms with Gasteiger partial charge in [0, 0.05) is 5.19 Å². The van der Waals surface area contributed by atoms with Crippen molar-refractivity contribution in [1.82, 2.24) is 0 Å². The lowest BCUT2D eigenvalue weighted by Gasteiger charge is -2.54. The third kappa shape index (κ3) is 3.14. The Labute approximate surface area is 193 Å². The summed E-state index contributed by atoms with van der Waals surface area (Å²) in [6, 6.07) is 33.9. The lowest BCUT2D eigenvalue weighted by molar-refractivity contribution is 0.267. The lowest BCUT2D eigenvalue weighted by Crippen LogP contribution is -2.88. The van der Waals surface area contributed by atoms with Crippen LogP contribution >= 0.6 is 0 Å². The van der Waals surface area contributed by atoms with E-state index in [1.54, 1.807) is 0 Å². The molecule has 1 heterocycles. The van der Waals surface area contributed by atoms with Gasteiger partial charge >= 0.3 is 17.1 Å². The van der Waals surface area contributed by atoms with E-state index in [4.69, 9.17) is 8.23 Å². The third-order valence-electron chi connectivity index (χ3n) is 6.87. The maximum absolute atomic E-state index is 7.34. The number of hydrogen-bond acceptors (Lipinski definition) is 2. The van der Waals surface area contributed by atoms with Crippen LogP contribution in [0.3, 0.4) is 0 Å². The third-order valence-corrected chi connectivity index (χ3v) is 16.0. The topological polar surface area (TPSA) is 18.5 Å². The monoisotopic (exact) mass is 452 g/mol. The highest BCUT2D eigenvalue weighted by Crippen LogP contribution is 2.33. The van der Waals surface area contributed by atoms with E-state index < -0.39 is 17.1 Å². The van der Waals surface area contributed by atoms with Crippen LogP contribution in [0, 0.1) is 27.7 Å². The quantitative estimate of drug-likeness (QED) is 0.439. The van der Waals surface area contributed by atoms with E-state index in [1.165, 1.54) is 32.6 Å². The first kappa shape index (κ1) is 21.1. The molecule has 0 aliphatic carbocycles. The largest absolute Gasteiger partial charge is 0.402 e. The fourth-order valence-electron chi connectivity index (χ4n) is 4.72. The van der Waals surface area contributed by atoms with E-state index >= 15 is 0 Å². The summed E-state index contributed by atoms with van der Waals surface area (Å²) < 4.78 is 14.7. The highest BCUT2D eigenvalue weighted by molar-refractivity contribution is 7.15. The first-order valence-electron chi connectivity index (χ1n) is 11.1. The van der Waals surface area contributed by atoms with Gasteiger partial charge < -0.3 is 8.23 Å². The van der Waals surface area contributed by atoms with Gasteiger partial charge in [0.25, 0.3) is 0 Å². The summed E-state index contributed by atoms with van der Waals surface area (Å²) in [5.74, 6) is 0. The first-order valence-corrected chi connectivity index (χ1v) is 14.8. The molecule has 0 spiro atoms. The molecule has 1 aliphatic heterocycles. The highest BCUT2D eigenvalue weighted by Gasteiger charge is 2.67. The van der Waals surface area contributed by atoms with Gasteiger partial charge in [-0.15, -0.1) is 0 Å². The molecule has 160 valence electrons. The standard InChI is InChI=1S/C28H28O2Si2/c1-21-20-28(24(4)23(3)22(21)2)32(27-18-12-7-13-19-27)29-31(30-32,25-14-8-5-9-15-25)26-16-10-6-11-17-26/h5-20H,1-4H3. The van der Waals surface area contributed by atoms with Crippen molar-refractivity contribution in [2.45, 2.75) is 27.7 Å². The molecule has 0 amide bonds. The summed E-state index contributed by atoms with van der Waals surface area (Å²) in [5, 5.41) is 4.71. The van der Waals surface area contributed by atoms with Crippen LogP contribution < -0.4 is 20.7 Å². The van der Waals surface area contributed by atoms with Crippen LogP contribution in [0.4, 0.5) is 0 Å². The first-order chi connectivity index (χ1) is 15.5. The van der Waals surface area contributed by atoms with E-state index in [0.717, 1.165) is 10.4 Å². The molecule has 0 atom stereocenters. The van der Waals surface area contributed by atoms with Crippen LogP contribution in [-0.2, 0) is 8.23 Å². The summed E-state index contributed by atoms with van der Waals surface area (Å²) >= 11 is 0. The van der Waals surface area contributed by atoms with Crippen molar-refractivity contribution < 1.29 is 8.23 Å². The van der Waals surface area contributed by atoms with Gasteiger partial charge in [0.05, 0.1) is 0 Å². The van der Waals surface area contributed by atoms with Crippen molar-refractivity contribution in [3.05, 3.63) is 119 Å². The molecule has 2 nitrogen and oxygen atoms in total. The molecule has 4 aromatic carbocycles. The maximum atomic E-state index is 7.34. The molecular formula is C28H28O2Si2. The minimum Gasteiger partial charge on any atom is -0.402 e. The average Bonchev–Trinajstić information content (AvgIpc) is 2.82. The van der Waals surface area contributed by atoms with E-state index in [2.05, 4.69) is 113 Å². The maximum Gasteiger partial charge on any atom is 0.390 e. The van der Waals surface area contributed by atoms with E-state index in [-0.39, 0.29) is 0 Å². The van der Waals surface area contributed by atoms with Crippen molar-refractivity contribution in [2.24, 2.45) is 0 Å². The van der Waals surface area contributed by atoms with Gasteiger partial charge in [0.2, 0.25) is 0 Å². The molecule has 1 saturated heterocycles. The predicted octanol–water partition coefficient (Wildman–Crippen LogP) is 3.78. The van der Waals surface area contributed by atoms with Crippen molar-refractivity contribution in [1.29, 1.82) is 0 Å². The number of hydrogen-bond donors (Lipinski definition) is 0. The molecule has 32 heavy (non-hydrogen) atoms. The minimum absolute atomic E-state index is 1.16. The molecule has 4 heteroatoms. The predicted molar refractivity (Wildman–Crippen MR) is 137 cm³/mol. The second kappa shape index (κ2) is 7.98. The summed E-state index contributed by atoms with van der Waals surface area (Å²) in [4.78, 5) is 0. The Morgan fingerprint density at radius 1 is 0.469 bits per heavy atom. The molecule has 1 aliphatic rings. The zero-order valence-electron chi connectivity index (χ0n) is 19.1. The molecule has 0 radical (unpaired) electrons. The van der Waals surface area contributed by atoms with Gasteiger partial charge in [-0.2, -0.15) is 0 Å². The van der Waals surface area contributed by atoms with E-state index in [9.17, 15) is 0 Å². The van der Waals surface area contributed by atoms with Crippen LogP contribution in [0.15, 0.2) is 97.1 Å². The fourth-order valence-corrected chi connectivity index (χ4v) is 15.4.